The van der Waals surface area contributed by atoms with E-state index in [9.17, 15) is 4.79 Å². The van der Waals surface area contributed by atoms with E-state index in [-0.39, 0.29) is 12.5 Å². The van der Waals surface area contributed by atoms with Crippen LogP contribution in [0.25, 0.3) is 0 Å². The van der Waals surface area contributed by atoms with Gasteiger partial charge in [-0.15, -0.1) is 0 Å². The van der Waals surface area contributed by atoms with E-state index in [0.717, 1.165) is 6.42 Å². The minimum Gasteiger partial charge on any atom is -0.482 e. The molecule has 1 unspecified atom stereocenters. The summed E-state index contributed by atoms with van der Waals surface area (Å²) in [5, 5.41) is 2.91. The standard InChI is InChI=1S/C17H18N2O2/c18-15-7-3-4-8-16(15)21-11-17(20)19-10-13-9-12-5-1-2-6-14(12)13/h1-8,13H,9-11,18H2,(H,19,20). The lowest BCUT2D eigenvalue weighted by molar-refractivity contribution is -0.123. The third-order valence-electron chi connectivity index (χ3n) is 3.78. The summed E-state index contributed by atoms with van der Waals surface area (Å²) in [6.07, 6.45) is 1.03. The molecule has 0 aliphatic heterocycles. The fourth-order valence-electron chi connectivity index (χ4n) is 2.59. The summed E-state index contributed by atoms with van der Waals surface area (Å²) in [4.78, 5) is 11.8. The van der Waals surface area contributed by atoms with Crippen LogP contribution in [-0.4, -0.2) is 19.1 Å². The molecule has 2 aromatic rings. The van der Waals surface area contributed by atoms with Crippen LogP contribution in [-0.2, 0) is 11.2 Å². The molecule has 108 valence electrons. The third-order valence-corrected chi connectivity index (χ3v) is 3.78. The van der Waals surface area contributed by atoms with Crippen molar-refractivity contribution in [3.8, 4) is 5.75 Å². The van der Waals surface area contributed by atoms with Gasteiger partial charge in [0, 0.05) is 12.5 Å². The van der Waals surface area contributed by atoms with E-state index in [1.165, 1.54) is 11.1 Å². The molecule has 1 atom stereocenters. The SMILES string of the molecule is Nc1ccccc1OCC(=O)NCC1Cc2ccccc21. The van der Waals surface area contributed by atoms with E-state index in [0.29, 0.717) is 23.9 Å². The summed E-state index contributed by atoms with van der Waals surface area (Å²) in [5.41, 5.74) is 9.01. The number of rotatable bonds is 5. The Morgan fingerprint density at radius 1 is 1.19 bits per heavy atom. The van der Waals surface area contributed by atoms with Crippen LogP contribution in [0.15, 0.2) is 48.5 Å². The summed E-state index contributed by atoms with van der Waals surface area (Å²) >= 11 is 0. The summed E-state index contributed by atoms with van der Waals surface area (Å²) in [7, 11) is 0. The van der Waals surface area contributed by atoms with Gasteiger partial charge in [0.05, 0.1) is 5.69 Å². The van der Waals surface area contributed by atoms with Crippen LogP contribution in [0.3, 0.4) is 0 Å². The molecule has 1 aliphatic rings. The Labute approximate surface area is 123 Å². The van der Waals surface area contributed by atoms with Crippen molar-refractivity contribution in [1.82, 2.24) is 5.32 Å². The van der Waals surface area contributed by atoms with Gasteiger partial charge in [-0.1, -0.05) is 36.4 Å². The average molecular weight is 282 g/mol. The van der Waals surface area contributed by atoms with E-state index < -0.39 is 0 Å². The van der Waals surface area contributed by atoms with Crippen LogP contribution in [0, 0.1) is 0 Å². The number of hydrogen-bond donors (Lipinski definition) is 2. The highest BCUT2D eigenvalue weighted by molar-refractivity contribution is 5.77. The molecule has 21 heavy (non-hydrogen) atoms. The first-order chi connectivity index (χ1) is 10.2. The van der Waals surface area contributed by atoms with E-state index in [2.05, 4.69) is 17.4 Å². The summed E-state index contributed by atoms with van der Waals surface area (Å²) in [5.74, 6) is 0.844. The number of carbonyl (C=O) groups excluding carboxylic acids is 1. The highest BCUT2D eigenvalue weighted by Crippen LogP contribution is 2.33. The van der Waals surface area contributed by atoms with Crippen LogP contribution in [0.2, 0.25) is 0 Å². The molecule has 0 heterocycles. The Balaban J connectivity index is 1.45. The van der Waals surface area contributed by atoms with Crippen molar-refractivity contribution in [2.75, 3.05) is 18.9 Å². The average Bonchev–Trinajstić information content (AvgIpc) is 2.47. The number of fused-ring (bicyclic) bond motifs is 1. The van der Waals surface area contributed by atoms with Crippen LogP contribution in [0.5, 0.6) is 5.75 Å². The Bertz CT molecular complexity index is 655. The molecule has 3 N–H and O–H groups in total. The summed E-state index contributed by atoms with van der Waals surface area (Å²) in [6.45, 7) is 0.645. The van der Waals surface area contributed by atoms with Gasteiger partial charge in [0.15, 0.2) is 6.61 Å². The molecule has 0 saturated carbocycles. The second kappa shape index (κ2) is 5.87. The molecule has 0 aromatic heterocycles. The van der Waals surface area contributed by atoms with Crippen molar-refractivity contribution < 1.29 is 9.53 Å². The topological polar surface area (TPSA) is 64.3 Å². The second-order valence-electron chi connectivity index (χ2n) is 5.23. The minimum atomic E-state index is -0.123. The van der Waals surface area contributed by atoms with Gasteiger partial charge in [-0.3, -0.25) is 4.79 Å². The number of carbonyl (C=O) groups is 1. The number of nitrogens with one attached hydrogen (secondary N) is 1. The Morgan fingerprint density at radius 3 is 2.76 bits per heavy atom. The van der Waals surface area contributed by atoms with Crippen molar-refractivity contribution in [2.45, 2.75) is 12.3 Å². The number of benzene rings is 2. The maximum absolute atomic E-state index is 11.8. The zero-order chi connectivity index (χ0) is 14.7. The summed E-state index contributed by atoms with van der Waals surface area (Å²) < 4.78 is 5.41. The van der Waals surface area contributed by atoms with Gasteiger partial charge in [-0.2, -0.15) is 0 Å². The number of anilines is 1. The highest BCUT2D eigenvalue weighted by atomic mass is 16.5. The molecule has 0 radical (unpaired) electrons. The Hall–Kier alpha value is -2.49. The van der Waals surface area contributed by atoms with Gasteiger partial charge >= 0.3 is 0 Å². The third kappa shape index (κ3) is 2.99. The van der Waals surface area contributed by atoms with Crippen LogP contribution < -0.4 is 15.8 Å². The van der Waals surface area contributed by atoms with Gasteiger partial charge in [-0.25, -0.2) is 0 Å². The first-order valence-corrected chi connectivity index (χ1v) is 7.06. The molecule has 0 fully saturated rings. The molecular formula is C17H18N2O2. The highest BCUT2D eigenvalue weighted by Gasteiger charge is 2.25. The van der Waals surface area contributed by atoms with Crippen LogP contribution >= 0.6 is 0 Å². The minimum absolute atomic E-state index is 0.0113. The molecule has 2 aromatic carbocycles. The quantitative estimate of drug-likeness (QED) is 0.825. The smallest absolute Gasteiger partial charge is 0.257 e. The molecule has 4 nitrogen and oxygen atoms in total. The van der Waals surface area contributed by atoms with Crippen LogP contribution in [0.4, 0.5) is 5.69 Å². The Kier molecular flexibility index (Phi) is 3.77. The van der Waals surface area contributed by atoms with Crippen molar-refractivity contribution in [1.29, 1.82) is 0 Å². The van der Waals surface area contributed by atoms with Crippen molar-refractivity contribution in [3.63, 3.8) is 0 Å². The second-order valence-corrected chi connectivity index (χ2v) is 5.23. The first kappa shape index (κ1) is 13.5. The zero-order valence-corrected chi connectivity index (χ0v) is 11.7. The number of nitrogens with two attached hydrogens (primary N) is 1. The van der Waals surface area contributed by atoms with Gasteiger partial charge in [0.25, 0.3) is 5.91 Å². The molecule has 1 amide bonds. The van der Waals surface area contributed by atoms with Gasteiger partial charge in [0.1, 0.15) is 5.75 Å². The summed E-state index contributed by atoms with van der Waals surface area (Å²) in [6, 6.07) is 15.5. The molecule has 0 spiro atoms. The van der Waals surface area contributed by atoms with Crippen LogP contribution in [0.1, 0.15) is 17.0 Å². The number of ether oxygens (including phenoxy) is 1. The van der Waals surface area contributed by atoms with E-state index in [4.69, 9.17) is 10.5 Å². The largest absolute Gasteiger partial charge is 0.482 e. The zero-order valence-electron chi connectivity index (χ0n) is 11.7. The van der Waals surface area contributed by atoms with Crippen molar-refractivity contribution in [2.24, 2.45) is 0 Å². The van der Waals surface area contributed by atoms with Crippen molar-refractivity contribution in [3.05, 3.63) is 59.7 Å². The number of amides is 1. The predicted molar refractivity (Wildman–Crippen MR) is 82.2 cm³/mol. The van der Waals surface area contributed by atoms with E-state index in [1.807, 2.05) is 24.3 Å². The first-order valence-electron chi connectivity index (χ1n) is 7.06. The molecule has 1 aliphatic carbocycles. The van der Waals surface area contributed by atoms with Gasteiger partial charge in [0.2, 0.25) is 0 Å². The monoisotopic (exact) mass is 282 g/mol. The van der Waals surface area contributed by atoms with E-state index in [1.54, 1.807) is 12.1 Å². The lowest BCUT2D eigenvalue weighted by Crippen LogP contribution is -2.35. The molecule has 0 saturated heterocycles. The van der Waals surface area contributed by atoms with Gasteiger partial charge in [-0.05, 0) is 29.7 Å². The maximum atomic E-state index is 11.8. The van der Waals surface area contributed by atoms with E-state index >= 15 is 0 Å². The number of para-hydroxylation sites is 2. The fraction of sp³-hybridized carbons (Fsp3) is 0.235. The molecule has 0 bridgehead atoms. The lowest BCUT2D eigenvalue weighted by Gasteiger charge is -2.30. The lowest BCUT2D eigenvalue weighted by atomic mass is 9.77. The number of nitrogen functional groups attached to an aromatic ring is 1. The van der Waals surface area contributed by atoms with Crippen molar-refractivity contribution >= 4 is 11.6 Å². The molecule has 3 rings (SSSR count). The van der Waals surface area contributed by atoms with Gasteiger partial charge < -0.3 is 15.8 Å². The molecule has 4 heteroatoms. The number of hydrogen-bond acceptors (Lipinski definition) is 3. The maximum Gasteiger partial charge on any atom is 0.257 e. The predicted octanol–water partition coefficient (Wildman–Crippen LogP) is 2.10. The molecular weight excluding hydrogens is 264 g/mol. The normalized spacial score (nSPS) is 15.7. The fourth-order valence-corrected chi connectivity index (χ4v) is 2.59. The Morgan fingerprint density at radius 2 is 1.95 bits per heavy atom.